The molecule has 0 heterocycles. The number of hydrogen-bond donors (Lipinski definition) is 0. The van der Waals surface area contributed by atoms with Crippen molar-refractivity contribution >= 4 is 0 Å². The second kappa shape index (κ2) is 4.93. The molecule has 1 aliphatic carbocycles. The van der Waals surface area contributed by atoms with E-state index in [2.05, 4.69) is 13.5 Å². The van der Waals surface area contributed by atoms with Gasteiger partial charge in [-0.2, -0.15) is 0 Å². The van der Waals surface area contributed by atoms with E-state index in [-0.39, 0.29) is 18.9 Å². The summed E-state index contributed by atoms with van der Waals surface area (Å²) in [4.78, 5) is 0. The fraction of sp³-hybridized carbons (Fsp3) is 0.636. The van der Waals surface area contributed by atoms with Crippen molar-refractivity contribution in [2.45, 2.75) is 33.6 Å². The van der Waals surface area contributed by atoms with Gasteiger partial charge in [0.2, 0.25) is 0 Å². The maximum absolute atomic E-state index is 11.4. The van der Waals surface area contributed by atoms with Gasteiger partial charge in [-0.15, -0.1) is 5.76 Å². The van der Waals surface area contributed by atoms with E-state index in [1.807, 2.05) is 13.8 Å². The Kier molecular flexibility index (Phi) is 4.89. The summed E-state index contributed by atoms with van der Waals surface area (Å²) >= 11 is 0. The van der Waals surface area contributed by atoms with Crippen LogP contribution in [-0.2, 0) is 0 Å². The Morgan fingerprint density at radius 3 is 2.46 bits per heavy atom. The molecule has 0 N–H and O–H groups in total. The van der Waals surface area contributed by atoms with Gasteiger partial charge in [-0.1, -0.05) is 24.6 Å². The first kappa shape index (κ1) is 12.9. The van der Waals surface area contributed by atoms with Gasteiger partial charge in [-0.25, -0.2) is 0 Å². The molecule has 1 rings (SSSR count). The average molecular weight is 172 g/mol. The Hall–Kier alpha value is -0.123. The third kappa shape index (κ3) is 2.93. The van der Waals surface area contributed by atoms with E-state index in [1.165, 1.54) is 0 Å². The molecule has 2 atom stereocenters. The molecule has 13 heavy (non-hydrogen) atoms. The Morgan fingerprint density at radius 2 is 2.08 bits per heavy atom. The monoisotopic (exact) mass is 172 g/mol. The Balaban J connectivity index is 0.00000144. The molecule has 0 bridgehead atoms. The van der Waals surface area contributed by atoms with Gasteiger partial charge in [0.1, 0.15) is 0 Å². The molecule has 2 heteroatoms. The van der Waals surface area contributed by atoms with Crippen LogP contribution >= 0.6 is 0 Å². The van der Waals surface area contributed by atoms with Crippen LogP contribution in [0.2, 0.25) is 0 Å². The standard InChI is InChI=1S/C11H18O.Li/c1-7(2)10-5-8(3)9(4)11(12)6-10;/h8,10,12H,1,5-6H2,2-4H3;/q;+1/p-1/t8-,10-;/m1./s1. The van der Waals surface area contributed by atoms with Gasteiger partial charge in [0.05, 0.1) is 0 Å². The molecule has 0 aromatic carbocycles. The number of rotatable bonds is 1. The van der Waals surface area contributed by atoms with Crippen LogP contribution in [-0.4, -0.2) is 0 Å². The molecular formula is C11H17LiO. The summed E-state index contributed by atoms with van der Waals surface area (Å²) in [6.45, 7) is 10.0. The molecule has 1 nitrogen and oxygen atoms in total. The molecule has 0 aromatic rings. The van der Waals surface area contributed by atoms with Crippen molar-refractivity contribution in [3.8, 4) is 0 Å². The first-order valence-electron chi connectivity index (χ1n) is 4.54. The predicted octanol–water partition coefficient (Wildman–Crippen LogP) is -0.753. The van der Waals surface area contributed by atoms with Gasteiger partial charge in [-0.3, -0.25) is 0 Å². The zero-order valence-corrected chi connectivity index (χ0v) is 9.18. The second-order valence-corrected chi connectivity index (χ2v) is 3.99. The molecule has 0 aromatic heterocycles. The van der Waals surface area contributed by atoms with Gasteiger partial charge in [0.25, 0.3) is 0 Å². The normalized spacial score (nSPS) is 28.2. The first-order chi connectivity index (χ1) is 5.52. The Bertz CT molecular complexity index is 230. The second-order valence-electron chi connectivity index (χ2n) is 3.99. The molecule has 0 saturated carbocycles. The quantitative estimate of drug-likeness (QED) is 0.377. The molecule has 0 aliphatic heterocycles. The van der Waals surface area contributed by atoms with E-state index >= 15 is 0 Å². The van der Waals surface area contributed by atoms with Crippen LogP contribution in [0, 0.1) is 11.8 Å². The zero-order chi connectivity index (χ0) is 9.30. The molecular weight excluding hydrogens is 155 g/mol. The van der Waals surface area contributed by atoms with Gasteiger partial charge in [0, 0.05) is 0 Å². The molecule has 0 amide bonds. The van der Waals surface area contributed by atoms with Crippen LogP contribution in [0.15, 0.2) is 23.5 Å². The van der Waals surface area contributed by atoms with Crippen LogP contribution in [0.1, 0.15) is 33.6 Å². The van der Waals surface area contributed by atoms with E-state index in [9.17, 15) is 5.11 Å². The Labute approximate surface area is 93.1 Å². The van der Waals surface area contributed by atoms with Gasteiger partial charge >= 0.3 is 18.9 Å². The van der Waals surface area contributed by atoms with Crippen molar-refractivity contribution < 1.29 is 24.0 Å². The number of allylic oxidation sites excluding steroid dienone is 3. The summed E-state index contributed by atoms with van der Waals surface area (Å²) in [6, 6.07) is 0. The minimum absolute atomic E-state index is 0. The van der Waals surface area contributed by atoms with E-state index < -0.39 is 0 Å². The number of hydrogen-bond acceptors (Lipinski definition) is 1. The van der Waals surface area contributed by atoms with Crippen LogP contribution in [0.25, 0.3) is 0 Å². The van der Waals surface area contributed by atoms with Gasteiger partial charge in [-0.05, 0) is 38.5 Å². The molecule has 68 valence electrons. The summed E-state index contributed by atoms with van der Waals surface area (Å²) in [7, 11) is 0. The van der Waals surface area contributed by atoms with Crippen LogP contribution in [0.5, 0.6) is 0 Å². The first-order valence-corrected chi connectivity index (χ1v) is 4.54. The smallest absolute Gasteiger partial charge is 0.875 e. The van der Waals surface area contributed by atoms with Crippen molar-refractivity contribution in [3.05, 3.63) is 23.5 Å². The molecule has 0 spiro atoms. The summed E-state index contributed by atoms with van der Waals surface area (Å²) < 4.78 is 0. The van der Waals surface area contributed by atoms with Crippen molar-refractivity contribution in [2.24, 2.45) is 11.8 Å². The van der Waals surface area contributed by atoms with E-state index in [0.717, 1.165) is 17.6 Å². The fourth-order valence-corrected chi connectivity index (χ4v) is 1.72. The van der Waals surface area contributed by atoms with Crippen molar-refractivity contribution in [1.29, 1.82) is 0 Å². The van der Waals surface area contributed by atoms with Crippen molar-refractivity contribution in [2.75, 3.05) is 0 Å². The van der Waals surface area contributed by atoms with Crippen molar-refractivity contribution in [1.82, 2.24) is 0 Å². The predicted molar refractivity (Wildman–Crippen MR) is 49.4 cm³/mol. The van der Waals surface area contributed by atoms with Crippen LogP contribution < -0.4 is 24.0 Å². The average Bonchev–Trinajstić information content (AvgIpc) is 1.99. The maximum atomic E-state index is 11.4. The van der Waals surface area contributed by atoms with Crippen LogP contribution in [0.3, 0.4) is 0 Å². The van der Waals surface area contributed by atoms with Crippen LogP contribution in [0.4, 0.5) is 0 Å². The van der Waals surface area contributed by atoms with Gasteiger partial charge in [0.15, 0.2) is 0 Å². The topological polar surface area (TPSA) is 23.1 Å². The fourth-order valence-electron chi connectivity index (χ4n) is 1.72. The maximum Gasteiger partial charge on any atom is 1.00 e. The molecule has 0 fully saturated rings. The molecule has 0 unspecified atom stereocenters. The zero-order valence-electron chi connectivity index (χ0n) is 9.18. The minimum Gasteiger partial charge on any atom is -0.875 e. The van der Waals surface area contributed by atoms with E-state index in [0.29, 0.717) is 24.0 Å². The SMILES string of the molecule is C=C(C)[C@H]1CC([O-])=C(C)[C@H](C)C1.[Li+]. The van der Waals surface area contributed by atoms with E-state index in [1.54, 1.807) is 0 Å². The third-order valence-electron chi connectivity index (χ3n) is 2.95. The summed E-state index contributed by atoms with van der Waals surface area (Å²) in [5.41, 5.74) is 2.20. The summed E-state index contributed by atoms with van der Waals surface area (Å²) in [6.07, 6.45) is 1.79. The van der Waals surface area contributed by atoms with Crippen molar-refractivity contribution in [3.63, 3.8) is 0 Å². The molecule has 0 saturated heterocycles. The summed E-state index contributed by atoms with van der Waals surface area (Å²) in [5, 5.41) is 11.4. The van der Waals surface area contributed by atoms with E-state index in [4.69, 9.17) is 0 Å². The molecule has 0 radical (unpaired) electrons. The third-order valence-corrected chi connectivity index (χ3v) is 2.95. The minimum atomic E-state index is 0. The Morgan fingerprint density at radius 1 is 1.54 bits per heavy atom. The summed E-state index contributed by atoms with van der Waals surface area (Å²) in [5.74, 6) is 1.21. The van der Waals surface area contributed by atoms with Gasteiger partial charge < -0.3 is 5.11 Å². The molecule has 1 aliphatic rings. The largest absolute Gasteiger partial charge is 1.00 e.